The largest absolute Gasteiger partial charge is 0.299 e. The summed E-state index contributed by atoms with van der Waals surface area (Å²) < 4.78 is 0. The Bertz CT molecular complexity index is 305. The molecule has 2 atom stereocenters. The van der Waals surface area contributed by atoms with Crippen molar-refractivity contribution in [3.05, 3.63) is 48.1 Å². The lowest BCUT2D eigenvalue weighted by Crippen LogP contribution is -2.12. The van der Waals surface area contributed by atoms with Gasteiger partial charge >= 0.3 is 0 Å². The fourth-order valence-corrected chi connectivity index (χ4v) is 1.58. The van der Waals surface area contributed by atoms with Crippen LogP contribution in [-0.2, 0) is 4.79 Å². The molecule has 0 radical (unpaired) electrons. The highest BCUT2D eigenvalue weighted by atomic mass is 16.1. The van der Waals surface area contributed by atoms with Crippen molar-refractivity contribution in [1.29, 1.82) is 0 Å². The molecule has 0 amide bonds. The van der Waals surface area contributed by atoms with Crippen molar-refractivity contribution in [2.24, 2.45) is 11.8 Å². The first-order chi connectivity index (χ1) is 5.92. The molecule has 1 heteroatoms. The predicted octanol–water partition coefficient (Wildman–Crippen LogP) is 2.04. The van der Waals surface area contributed by atoms with Gasteiger partial charge in [-0.1, -0.05) is 36.5 Å². The monoisotopic (exact) mass is 158 g/mol. The second kappa shape index (κ2) is 2.94. The number of allylic oxidation sites excluding steroid dienone is 8. The molecule has 2 rings (SSSR count). The van der Waals surface area contributed by atoms with Gasteiger partial charge in [0, 0.05) is 11.8 Å². The fourth-order valence-electron chi connectivity index (χ4n) is 1.58. The van der Waals surface area contributed by atoms with Crippen LogP contribution >= 0.6 is 0 Å². The number of rotatable bonds is 2. The van der Waals surface area contributed by atoms with Crippen molar-refractivity contribution in [2.45, 2.75) is 0 Å². The van der Waals surface area contributed by atoms with Crippen LogP contribution in [0.4, 0.5) is 0 Å². The first-order valence-electron chi connectivity index (χ1n) is 4.10. The fraction of sp³-hybridized carbons (Fsp3) is 0.182. The van der Waals surface area contributed by atoms with Gasteiger partial charge in [-0.3, -0.25) is 4.79 Å². The third kappa shape index (κ3) is 1.07. The highest BCUT2D eigenvalue weighted by Gasteiger charge is 2.27. The SMILES string of the molecule is O=CC=CC=C1C=CC2C=CC12. The van der Waals surface area contributed by atoms with Gasteiger partial charge in [0.15, 0.2) is 0 Å². The van der Waals surface area contributed by atoms with Gasteiger partial charge in [0.05, 0.1) is 0 Å². The van der Waals surface area contributed by atoms with Crippen molar-refractivity contribution in [3.8, 4) is 0 Å². The van der Waals surface area contributed by atoms with Gasteiger partial charge in [-0.05, 0) is 11.6 Å². The van der Waals surface area contributed by atoms with E-state index in [1.807, 2.05) is 6.08 Å². The summed E-state index contributed by atoms with van der Waals surface area (Å²) in [5.74, 6) is 1.21. The zero-order chi connectivity index (χ0) is 8.39. The molecule has 0 saturated carbocycles. The number of aldehydes is 1. The topological polar surface area (TPSA) is 17.1 Å². The second-order valence-electron chi connectivity index (χ2n) is 3.03. The first-order valence-corrected chi connectivity index (χ1v) is 4.10. The van der Waals surface area contributed by atoms with E-state index < -0.39 is 0 Å². The van der Waals surface area contributed by atoms with Gasteiger partial charge in [-0.2, -0.15) is 0 Å². The zero-order valence-corrected chi connectivity index (χ0v) is 6.68. The van der Waals surface area contributed by atoms with E-state index in [-0.39, 0.29) is 0 Å². The van der Waals surface area contributed by atoms with Crippen LogP contribution in [0.3, 0.4) is 0 Å². The Balaban J connectivity index is 2.10. The Labute approximate surface area is 71.8 Å². The summed E-state index contributed by atoms with van der Waals surface area (Å²) in [6, 6.07) is 0. The molecule has 2 unspecified atom stereocenters. The summed E-state index contributed by atoms with van der Waals surface area (Å²) in [5.41, 5.74) is 1.31. The number of fused-ring (bicyclic) bond motifs is 1. The predicted molar refractivity (Wildman–Crippen MR) is 48.5 cm³/mol. The highest BCUT2D eigenvalue weighted by molar-refractivity contribution is 5.65. The number of carbonyl (C=O) groups excluding carboxylic acids is 1. The lowest BCUT2D eigenvalue weighted by atomic mass is 9.82. The molecule has 0 N–H and O–H groups in total. The molecule has 12 heavy (non-hydrogen) atoms. The van der Waals surface area contributed by atoms with Crippen molar-refractivity contribution >= 4 is 6.29 Å². The van der Waals surface area contributed by atoms with Gasteiger partial charge in [-0.25, -0.2) is 0 Å². The van der Waals surface area contributed by atoms with E-state index in [1.165, 1.54) is 11.6 Å². The molecule has 1 nitrogen and oxygen atoms in total. The Morgan fingerprint density at radius 3 is 2.67 bits per heavy atom. The zero-order valence-electron chi connectivity index (χ0n) is 6.68. The molecule has 0 aromatic carbocycles. The van der Waals surface area contributed by atoms with E-state index >= 15 is 0 Å². The molecule has 0 fully saturated rings. The van der Waals surface area contributed by atoms with E-state index in [0.29, 0.717) is 11.8 Å². The van der Waals surface area contributed by atoms with Gasteiger partial charge in [0.2, 0.25) is 0 Å². The van der Waals surface area contributed by atoms with E-state index in [2.05, 4.69) is 24.3 Å². The summed E-state index contributed by atoms with van der Waals surface area (Å²) in [4.78, 5) is 9.99. The molecule has 0 saturated heterocycles. The Hall–Kier alpha value is -1.37. The quantitative estimate of drug-likeness (QED) is 0.341. The van der Waals surface area contributed by atoms with Crippen LogP contribution in [0.5, 0.6) is 0 Å². The standard InChI is InChI=1S/C11H10O/c12-8-2-1-3-9-4-5-10-6-7-11(9)10/h1-8,10-11H. The van der Waals surface area contributed by atoms with Gasteiger partial charge in [-0.15, -0.1) is 0 Å². The van der Waals surface area contributed by atoms with Crippen molar-refractivity contribution in [2.75, 3.05) is 0 Å². The van der Waals surface area contributed by atoms with Crippen LogP contribution < -0.4 is 0 Å². The summed E-state index contributed by atoms with van der Waals surface area (Å²) in [5, 5.41) is 0. The molecule has 0 heterocycles. The maximum atomic E-state index is 9.99. The summed E-state index contributed by atoms with van der Waals surface area (Å²) in [6.45, 7) is 0. The lowest BCUT2D eigenvalue weighted by molar-refractivity contribution is -0.104. The summed E-state index contributed by atoms with van der Waals surface area (Å²) >= 11 is 0. The average Bonchev–Trinajstić information content (AvgIpc) is 2.27. The normalized spacial score (nSPS) is 34.2. The third-order valence-corrected chi connectivity index (χ3v) is 2.33. The molecular weight excluding hydrogens is 148 g/mol. The molecule has 0 spiro atoms. The second-order valence-corrected chi connectivity index (χ2v) is 3.03. The molecule has 0 aromatic heterocycles. The first kappa shape index (κ1) is 7.29. The van der Waals surface area contributed by atoms with Gasteiger partial charge < -0.3 is 0 Å². The van der Waals surface area contributed by atoms with E-state index in [4.69, 9.17) is 0 Å². The summed E-state index contributed by atoms with van der Waals surface area (Å²) in [7, 11) is 0. The minimum atomic E-state index is 0.585. The van der Waals surface area contributed by atoms with E-state index in [9.17, 15) is 4.79 Å². The van der Waals surface area contributed by atoms with Crippen molar-refractivity contribution in [3.63, 3.8) is 0 Å². The van der Waals surface area contributed by atoms with Crippen LogP contribution in [-0.4, -0.2) is 6.29 Å². The van der Waals surface area contributed by atoms with E-state index in [0.717, 1.165) is 6.29 Å². The van der Waals surface area contributed by atoms with Crippen molar-refractivity contribution < 1.29 is 4.79 Å². The Morgan fingerprint density at radius 2 is 2.08 bits per heavy atom. The van der Waals surface area contributed by atoms with Crippen LogP contribution in [0, 0.1) is 11.8 Å². The minimum absolute atomic E-state index is 0.585. The van der Waals surface area contributed by atoms with Crippen LogP contribution in [0.1, 0.15) is 0 Å². The highest BCUT2D eigenvalue weighted by Crippen LogP contribution is 2.38. The molecule has 0 aliphatic heterocycles. The summed E-state index contributed by atoms with van der Waals surface area (Å²) in [6.07, 6.45) is 14.8. The number of carbonyl (C=O) groups is 1. The maximum absolute atomic E-state index is 9.99. The molecule has 0 bridgehead atoms. The van der Waals surface area contributed by atoms with Crippen LogP contribution in [0.25, 0.3) is 0 Å². The molecular formula is C11H10O. The smallest absolute Gasteiger partial charge is 0.142 e. The Kier molecular flexibility index (Phi) is 1.78. The minimum Gasteiger partial charge on any atom is -0.299 e. The molecule has 60 valence electrons. The van der Waals surface area contributed by atoms with E-state index in [1.54, 1.807) is 6.08 Å². The van der Waals surface area contributed by atoms with Crippen LogP contribution in [0.15, 0.2) is 48.1 Å². The molecule has 0 aromatic rings. The molecule has 2 aliphatic carbocycles. The van der Waals surface area contributed by atoms with Gasteiger partial charge in [0.25, 0.3) is 0 Å². The maximum Gasteiger partial charge on any atom is 0.142 e. The van der Waals surface area contributed by atoms with Crippen molar-refractivity contribution in [1.82, 2.24) is 0 Å². The average molecular weight is 158 g/mol. The third-order valence-electron chi connectivity index (χ3n) is 2.33. The number of hydrogen-bond acceptors (Lipinski definition) is 1. The van der Waals surface area contributed by atoms with Crippen LogP contribution in [0.2, 0.25) is 0 Å². The van der Waals surface area contributed by atoms with Gasteiger partial charge in [0.1, 0.15) is 6.29 Å². The lowest BCUT2D eigenvalue weighted by Gasteiger charge is -2.21. The number of hydrogen-bond donors (Lipinski definition) is 0. The molecule has 2 aliphatic rings. The Morgan fingerprint density at radius 1 is 1.17 bits per heavy atom.